The Labute approximate surface area is 160 Å². The van der Waals surface area contributed by atoms with Crippen molar-refractivity contribution in [2.45, 2.75) is 19.5 Å². The zero-order valence-electron chi connectivity index (χ0n) is 14.6. The molecule has 1 aromatic carbocycles. The Hall–Kier alpha value is -1.63. The van der Waals surface area contributed by atoms with E-state index in [1.807, 2.05) is 39.2 Å². The number of amides is 1. The van der Waals surface area contributed by atoms with Crippen molar-refractivity contribution in [2.75, 3.05) is 20.6 Å². The van der Waals surface area contributed by atoms with Crippen LogP contribution in [0.3, 0.4) is 0 Å². The van der Waals surface area contributed by atoms with E-state index < -0.39 is 0 Å². The van der Waals surface area contributed by atoms with Crippen molar-refractivity contribution in [3.8, 4) is 0 Å². The van der Waals surface area contributed by atoms with Crippen LogP contribution in [0.4, 0.5) is 0 Å². The van der Waals surface area contributed by atoms with Gasteiger partial charge in [0.15, 0.2) is 0 Å². The van der Waals surface area contributed by atoms with Crippen LogP contribution in [0.25, 0.3) is 10.9 Å². The molecule has 4 nitrogen and oxygen atoms in total. The van der Waals surface area contributed by atoms with Gasteiger partial charge in [-0.2, -0.15) is 11.3 Å². The molecular weight excluding hydrogens is 398 g/mol. The number of nitrogens with one attached hydrogen (secondary N) is 1. The van der Waals surface area contributed by atoms with Crippen LogP contribution in [0.5, 0.6) is 0 Å². The number of carbonyl (C=O) groups is 1. The van der Waals surface area contributed by atoms with Crippen molar-refractivity contribution in [1.29, 1.82) is 0 Å². The fourth-order valence-electron chi connectivity index (χ4n) is 3.07. The summed E-state index contributed by atoms with van der Waals surface area (Å²) in [5.41, 5.74) is 3.38. The predicted octanol–water partition coefficient (Wildman–Crippen LogP) is 4.19. The molecule has 0 saturated carbocycles. The molecule has 132 valence electrons. The number of aromatic nitrogens is 1. The summed E-state index contributed by atoms with van der Waals surface area (Å²) in [5, 5.41) is 8.43. The maximum absolute atomic E-state index is 12.6. The standard InChI is InChI=1S/C19H22BrN3OS/c1-13-19(20)15-6-4-5-7-16(15)23(13)11-18(24)21-10-17(22(2)3)14-8-9-25-12-14/h4-9,12,17H,10-11H2,1-3H3,(H,21,24)/t17-/m0/s1. The zero-order chi connectivity index (χ0) is 18.0. The van der Waals surface area contributed by atoms with Crippen molar-refractivity contribution in [1.82, 2.24) is 14.8 Å². The highest BCUT2D eigenvalue weighted by atomic mass is 79.9. The van der Waals surface area contributed by atoms with Gasteiger partial charge in [-0.15, -0.1) is 0 Å². The molecule has 0 radical (unpaired) electrons. The largest absolute Gasteiger partial charge is 0.353 e. The van der Waals surface area contributed by atoms with Gasteiger partial charge < -0.3 is 14.8 Å². The summed E-state index contributed by atoms with van der Waals surface area (Å²) in [6.45, 7) is 2.95. The fraction of sp³-hybridized carbons (Fsp3) is 0.316. The minimum absolute atomic E-state index is 0.0263. The van der Waals surface area contributed by atoms with Gasteiger partial charge in [0.05, 0.1) is 6.04 Å². The minimum atomic E-state index is 0.0263. The Morgan fingerprint density at radius 3 is 2.76 bits per heavy atom. The second kappa shape index (κ2) is 7.72. The average Bonchev–Trinajstić information content (AvgIpc) is 3.19. The Morgan fingerprint density at radius 2 is 2.08 bits per heavy atom. The molecule has 2 aromatic heterocycles. The van der Waals surface area contributed by atoms with E-state index in [2.05, 4.69) is 53.6 Å². The number of benzene rings is 1. The van der Waals surface area contributed by atoms with Crippen molar-refractivity contribution < 1.29 is 4.79 Å². The second-order valence-electron chi connectivity index (χ2n) is 6.34. The number of fused-ring (bicyclic) bond motifs is 1. The van der Waals surface area contributed by atoms with E-state index in [0.717, 1.165) is 21.1 Å². The van der Waals surface area contributed by atoms with E-state index in [1.54, 1.807) is 11.3 Å². The van der Waals surface area contributed by atoms with Crippen LogP contribution in [0.15, 0.2) is 45.6 Å². The number of hydrogen-bond acceptors (Lipinski definition) is 3. The van der Waals surface area contributed by atoms with Crippen LogP contribution in [0.2, 0.25) is 0 Å². The van der Waals surface area contributed by atoms with Crippen molar-refractivity contribution in [3.63, 3.8) is 0 Å². The van der Waals surface area contributed by atoms with Crippen LogP contribution >= 0.6 is 27.3 Å². The number of carbonyl (C=O) groups excluding carboxylic acids is 1. The summed E-state index contributed by atoms with van der Waals surface area (Å²) in [6, 6.07) is 10.4. The van der Waals surface area contributed by atoms with Gasteiger partial charge in [-0.1, -0.05) is 18.2 Å². The highest BCUT2D eigenvalue weighted by Crippen LogP contribution is 2.30. The quantitative estimate of drug-likeness (QED) is 0.649. The van der Waals surface area contributed by atoms with Crippen molar-refractivity contribution in [3.05, 3.63) is 56.8 Å². The lowest BCUT2D eigenvalue weighted by atomic mass is 10.1. The molecule has 0 bridgehead atoms. The summed E-state index contributed by atoms with van der Waals surface area (Å²) in [5.74, 6) is 0.0263. The number of hydrogen-bond donors (Lipinski definition) is 1. The van der Waals surface area contributed by atoms with Crippen LogP contribution in [-0.2, 0) is 11.3 Å². The Kier molecular flexibility index (Phi) is 5.61. The molecule has 6 heteroatoms. The lowest BCUT2D eigenvalue weighted by molar-refractivity contribution is -0.121. The monoisotopic (exact) mass is 419 g/mol. The first-order valence-electron chi connectivity index (χ1n) is 8.17. The van der Waals surface area contributed by atoms with Gasteiger partial charge in [0, 0.05) is 27.6 Å². The summed E-state index contributed by atoms with van der Waals surface area (Å²) >= 11 is 5.32. The first kappa shape index (κ1) is 18.2. The molecule has 0 aliphatic carbocycles. The summed E-state index contributed by atoms with van der Waals surface area (Å²) < 4.78 is 3.12. The molecule has 3 aromatic rings. The van der Waals surface area contributed by atoms with Crippen LogP contribution in [0.1, 0.15) is 17.3 Å². The maximum atomic E-state index is 12.6. The minimum Gasteiger partial charge on any atom is -0.353 e. The molecular formula is C19H22BrN3OS. The lowest BCUT2D eigenvalue weighted by Crippen LogP contribution is -2.36. The number of thiophene rings is 1. The Bertz CT molecular complexity index is 870. The van der Waals surface area contributed by atoms with Gasteiger partial charge in [-0.05, 0) is 65.4 Å². The molecule has 25 heavy (non-hydrogen) atoms. The molecule has 0 fully saturated rings. The molecule has 1 atom stereocenters. The van der Waals surface area contributed by atoms with Gasteiger partial charge in [-0.25, -0.2) is 0 Å². The van der Waals surface area contributed by atoms with Gasteiger partial charge in [0.25, 0.3) is 0 Å². The van der Waals surface area contributed by atoms with E-state index >= 15 is 0 Å². The number of likely N-dealkylation sites (N-methyl/N-ethyl adjacent to an activating group) is 1. The van der Waals surface area contributed by atoms with E-state index in [1.165, 1.54) is 5.56 Å². The van der Waals surface area contributed by atoms with Crippen molar-refractivity contribution in [2.24, 2.45) is 0 Å². The average molecular weight is 420 g/mol. The highest BCUT2D eigenvalue weighted by molar-refractivity contribution is 9.10. The molecule has 0 saturated heterocycles. The van der Waals surface area contributed by atoms with E-state index in [0.29, 0.717) is 13.1 Å². The Balaban J connectivity index is 1.72. The number of halogens is 1. The second-order valence-corrected chi connectivity index (χ2v) is 7.92. The fourth-order valence-corrected chi connectivity index (χ4v) is 4.32. The maximum Gasteiger partial charge on any atom is 0.240 e. The van der Waals surface area contributed by atoms with Crippen LogP contribution in [0, 0.1) is 6.92 Å². The van der Waals surface area contributed by atoms with E-state index in [-0.39, 0.29) is 11.9 Å². The topological polar surface area (TPSA) is 37.3 Å². The third-order valence-electron chi connectivity index (χ3n) is 4.50. The first-order valence-corrected chi connectivity index (χ1v) is 9.91. The van der Waals surface area contributed by atoms with Gasteiger partial charge in [0.1, 0.15) is 6.54 Å². The van der Waals surface area contributed by atoms with Crippen LogP contribution in [-0.4, -0.2) is 36.0 Å². The number of rotatable bonds is 6. The van der Waals surface area contributed by atoms with Gasteiger partial charge in [-0.3, -0.25) is 4.79 Å². The number of para-hydroxylation sites is 1. The predicted molar refractivity (Wildman–Crippen MR) is 108 cm³/mol. The summed E-state index contributed by atoms with van der Waals surface area (Å²) in [4.78, 5) is 14.7. The van der Waals surface area contributed by atoms with Crippen molar-refractivity contribution >= 4 is 44.1 Å². The normalized spacial score (nSPS) is 12.7. The molecule has 0 spiro atoms. The smallest absolute Gasteiger partial charge is 0.240 e. The molecule has 1 amide bonds. The summed E-state index contributed by atoms with van der Waals surface area (Å²) in [6.07, 6.45) is 0. The first-order chi connectivity index (χ1) is 12.0. The molecule has 1 N–H and O–H groups in total. The zero-order valence-corrected chi connectivity index (χ0v) is 17.0. The third kappa shape index (κ3) is 3.81. The van der Waals surface area contributed by atoms with E-state index in [9.17, 15) is 4.79 Å². The molecule has 3 rings (SSSR count). The summed E-state index contributed by atoms with van der Waals surface area (Å²) in [7, 11) is 4.07. The van der Waals surface area contributed by atoms with Gasteiger partial charge in [0.2, 0.25) is 5.91 Å². The highest BCUT2D eigenvalue weighted by Gasteiger charge is 2.17. The van der Waals surface area contributed by atoms with E-state index in [4.69, 9.17) is 0 Å². The Morgan fingerprint density at radius 1 is 1.32 bits per heavy atom. The van der Waals surface area contributed by atoms with Crippen LogP contribution < -0.4 is 5.32 Å². The number of nitrogens with zero attached hydrogens (tertiary/aromatic N) is 2. The lowest BCUT2D eigenvalue weighted by Gasteiger charge is -2.24. The molecule has 0 unspecified atom stereocenters. The SMILES string of the molecule is Cc1c(Br)c2ccccc2n1CC(=O)NC[C@@H](c1ccsc1)N(C)C. The molecule has 2 heterocycles. The molecule has 0 aliphatic rings. The van der Waals surface area contributed by atoms with Gasteiger partial charge >= 0.3 is 0 Å². The third-order valence-corrected chi connectivity index (χ3v) is 6.20. The molecule has 0 aliphatic heterocycles.